The molecule has 1 atom stereocenters. The van der Waals surface area contributed by atoms with E-state index in [2.05, 4.69) is 5.32 Å². The van der Waals surface area contributed by atoms with Crippen molar-refractivity contribution in [1.29, 1.82) is 0 Å². The van der Waals surface area contributed by atoms with Gasteiger partial charge in [0, 0.05) is 30.1 Å². The van der Waals surface area contributed by atoms with E-state index in [-0.39, 0.29) is 23.8 Å². The fourth-order valence-corrected chi connectivity index (χ4v) is 6.40. The molecule has 0 unspecified atom stereocenters. The normalized spacial score (nSPS) is 11.9. The number of benzene rings is 4. The van der Waals surface area contributed by atoms with Crippen molar-refractivity contribution in [2.24, 2.45) is 0 Å². The van der Waals surface area contributed by atoms with Gasteiger partial charge in [-0.05, 0) is 78.6 Å². The first-order chi connectivity index (χ1) is 20.5. The Labute approximate surface area is 263 Å². The monoisotopic (exact) mass is 637 g/mol. The predicted octanol–water partition coefficient (Wildman–Crippen LogP) is 6.19. The van der Waals surface area contributed by atoms with Gasteiger partial charge in [0.1, 0.15) is 12.6 Å². The van der Waals surface area contributed by atoms with Gasteiger partial charge >= 0.3 is 0 Å². The van der Waals surface area contributed by atoms with Gasteiger partial charge in [-0.3, -0.25) is 13.9 Å². The fraction of sp³-hybridized carbons (Fsp3) is 0.212. The highest BCUT2D eigenvalue weighted by Gasteiger charge is 2.34. The third-order valence-corrected chi connectivity index (χ3v) is 9.68. The van der Waals surface area contributed by atoms with E-state index in [0.29, 0.717) is 21.3 Å². The van der Waals surface area contributed by atoms with Crippen LogP contribution in [0.1, 0.15) is 22.3 Å². The molecule has 1 N–H and O–H groups in total. The highest BCUT2D eigenvalue weighted by Crippen LogP contribution is 2.28. The van der Waals surface area contributed by atoms with Crippen LogP contribution in [0, 0.1) is 13.8 Å². The van der Waals surface area contributed by atoms with Gasteiger partial charge in [-0.15, -0.1) is 0 Å². The molecule has 0 fully saturated rings. The smallest absolute Gasteiger partial charge is 0.264 e. The maximum atomic E-state index is 14.4. The minimum atomic E-state index is -4.22. The number of anilines is 1. The van der Waals surface area contributed by atoms with Crippen LogP contribution < -0.4 is 9.62 Å². The molecule has 7 nitrogen and oxygen atoms in total. The van der Waals surface area contributed by atoms with Crippen LogP contribution in [0.2, 0.25) is 10.0 Å². The number of sulfonamides is 1. The molecule has 10 heteroatoms. The molecular formula is C33H33Cl2N3O4S. The molecule has 4 aromatic rings. The number of likely N-dealkylation sites (N-methyl/N-ethyl adjacent to an activating group) is 1. The fourth-order valence-electron chi connectivity index (χ4n) is 4.67. The van der Waals surface area contributed by atoms with Gasteiger partial charge in [0.2, 0.25) is 11.8 Å². The lowest BCUT2D eigenvalue weighted by Gasteiger charge is -2.34. The number of halogens is 2. The molecule has 0 heterocycles. The van der Waals surface area contributed by atoms with Crippen LogP contribution in [0.15, 0.2) is 102 Å². The van der Waals surface area contributed by atoms with Crippen molar-refractivity contribution >= 4 is 50.7 Å². The number of aryl methyl sites for hydroxylation is 2. The summed E-state index contributed by atoms with van der Waals surface area (Å²) in [7, 11) is -2.72. The maximum absolute atomic E-state index is 14.4. The van der Waals surface area contributed by atoms with Gasteiger partial charge in [0.05, 0.1) is 10.6 Å². The molecule has 0 aliphatic carbocycles. The third-order valence-electron chi connectivity index (χ3n) is 7.27. The largest absolute Gasteiger partial charge is 0.357 e. The van der Waals surface area contributed by atoms with Crippen molar-refractivity contribution in [2.75, 3.05) is 17.9 Å². The van der Waals surface area contributed by atoms with Crippen LogP contribution in [-0.2, 0) is 32.6 Å². The molecule has 0 aliphatic rings. The van der Waals surface area contributed by atoms with E-state index in [0.717, 1.165) is 21.0 Å². The summed E-state index contributed by atoms with van der Waals surface area (Å²) in [4.78, 5) is 29.1. The van der Waals surface area contributed by atoms with E-state index in [1.165, 1.54) is 36.2 Å². The molecule has 0 saturated carbocycles. The molecule has 2 amide bonds. The van der Waals surface area contributed by atoms with Crippen LogP contribution in [0.3, 0.4) is 0 Å². The number of carbonyl (C=O) groups is 2. The Morgan fingerprint density at radius 2 is 1.49 bits per heavy atom. The molecular weight excluding hydrogens is 605 g/mol. The van der Waals surface area contributed by atoms with Crippen LogP contribution in [-0.4, -0.2) is 44.8 Å². The molecule has 4 aromatic carbocycles. The molecule has 0 aliphatic heterocycles. The SMILES string of the molecule is CNC(=O)[C@@H](Cc1ccccc1)N(Cc1ccccc1Cl)C(=O)CN(c1ccc(C)c(C)c1)S(=O)(=O)c1ccc(Cl)cc1. The van der Waals surface area contributed by atoms with Gasteiger partial charge in [-0.2, -0.15) is 0 Å². The van der Waals surface area contributed by atoms with E-state index in [4.69, 9.17) is 23.2 Å². The first kappa shape index (κ1) is 32.1. The first-order valence-electron chi connectivity index (χ1n) is 13.6. The Hall–Kier alpha value is -3.85. The first-order valence-corrected chi connectivity index (χ1v) is 15.8. The zero-order chi connectivity index (χ0) is 31.1. The lowest BCUT2D eigenvalue weighted by Crippen LogP contribution is -2.53. The summed E-state index contributed by atoms with van der Waals surface area (Å²) in [5, 5.41) is 3.48. The lowest BCUT2D eigenvalue weighted by atomic mass is 10.0. The molecule has 0 bridgehead atoms. The summed E-state index contributed by atoms with van der Waals surface area (Å²) < 4.78 is 29.2. The molecule has 0 radical (unpaired) electrons. The lowest BCUT2D eigenvalue weighted by molar-refractivity contribution is -0.139. The summed E-state index contributed by atoms with van der Waals surface area (Å²) in [6.45, 7) is 3.23. The minimum Gasteiger partial charge on any atom is -0.357 e. The van der Waals surface area contributed by atoms with E-state index in [9.17, 15) is 18.0 Å². The summed E-state index contributed by atoms with van der Waals surface area (Å²) in [5.41, 5.74) is 3.62. The van der Waals surface area contributed by atoms with Crippen LogP contribution >= 0.6 is 23.2 Å². The number of carbonyl (C=O) groups excluding carboxylic acids is 2. The number of amides is 2. The van der Waals surface area contributed by atoms with Gasteiger partial charge in [0.25, 0.3) is 10.0 Å². The van der Waals surface area contributed by atoms with Crippen molar-refractivity contribution in [3.05, 3.63) is 129 Å². The summed E-state index contributed by atoms with van der Waals surface area (Å²) >= 11 is 12.5. The number of hydrogen-bond donors (Lipinski definition) is 1. The summed E-state index contributed by atoms with van der Waals surface area (Å²) in [5.74, 6) is -0.956. The Kier molecular flexibility index (Phi) is 10.5. The van der Waals surface area contributed by atoms with Crippen molar-refractivity contribution < 1.29 is 18.0 Å². The molecule has 43 heavy (non-hydrogen) atoms. The second kappa shape index (κ2) is 14.1. The average Bonchev–Trinajstić information content (AvgIpc) is 3.00. The topological polar surface area (TPSA) is 86.8 Å². The van der Waals surface area contributed by atoms with Crippen LogP contribution in [0.4, 0.5) is 5.69 Å². The van der Waals surface area contributed by atoms with E-state index < -0.39 is 28.5 Å². The Balaban J connectivity index is 1.81. The Bertz CT molecular complexity index is 1700. The van der Waals surface area contributed by atoms with Crippen LogP contribution in [0.25, 0.3) is 0 Å². The van der Waals surface area contributed by atoms with Crippen molar-refractivity contribution in [3.63, 3.8) is 0 Å². The van der Waals surface area contributed by atoms with Crippen LogP contribution in [0.5, 0.6) is 0 Å². The average molecular weight is 639 g/mol. The summed E-state index contributed by atoms with van der Waals surface area (Å²) in [6, 6.07) is 26.4. The highest BCUT2D eigenvalue weighted by atomic mass is 35.5. The zero-order valence-corrected chi connectivity index (χ0v) is 26.5. The number of nitrogens with one attached hydrogen (secondary N) is 1. The summed E-state index contributed by atoms with van der Waals surface area (Å²) in [6.07, 6.45) is 0.213. The van der Waals surface area contributed by atoms with Gasteiger partial charge in [-0.25, -0.2) is 8.42 Å². The Morgan fingerprint density at radius 1 is 0.837 bits per heavy atom. The molecule has 0 saturated heterocycles. The van der Waals surface area contributed by atoms with E-state index in [1.54, 1.807) is 36.4 Å². The standard InChI is InChI=1S/C33H33Cl2N3O4S/c1-23-13-16-28(19-24(23)2)38(43(41,42)29-17-14-27(34)15-18-29)22-32(39)37(21-26-11-7-8-12-30(26)35)31(33(40)36-3)20-25-9-5-4-6-10-25/h4-19,31H,20-22H2,1-3H3,(H,36,40)/t31-/m1/s1. The number of nitrogens with zero attached hydrogens (tertiary/aromatic N) is 2. The molecule has 4 rings (SSSR count). The van der Waals surface area contributed by atoms with Crippen molar-refractivity contribution in [1.82, 2.24) is 10.2 Å². The van der Waals surface area contributed by atoms with Crippen molar-refractivity contribution in [2.45, 2.75) is 37.8 Å². The minimum absolute atomic E-state index is 0.00874. The molecule has 0 spiro atoms. The van der Waals surface area contributed by atoms with Gasteiger partial charge in [0.15, 0.2) is 0 Å². The van der Waals surface area contributed by atoms with Crippen molar-refractivity contribution in [3.8, 4) is 0 Å². The second-order valence-corrected chi connectivity index (χ2v) is 12.9. The van der Waals surface area contributed by atoms with Gasteiger partial charge < -0.3 is 10.2 Å². The molecule has 0 aromatic heterocycles. The molecule has 224 valence electrons. The maximum Gasteiger partial charge on any atom is 0.264 e. The quantitative estimate of drug-likeness (QED) is 0.212. The predicted molar refractivity (Wildman–Crippen MR) is 172 cm³/mol. The Morgan fingerprint density at radius 3 is 2.12 bits per heavy atom. The number of hydrogen-bond acceptors (Lipinski definition) is 4. The highest BCUT2D eigenvalue weighted by molar-refractivity contribution is 7.92. The van der Waals surface area contributed by atoms with Gasteiger partial charge in [-0.1, -0.05) is 77.8 Å². The zero-order valence-electron chi connectivity index (χ0n) is 24.1. The second-order valence-electron chi connectivity index (χ2n) is 10.2. The number of rotatable bonds is 11. The van der Waals surface area contributed by atoms with E-state index >= 15 is 0 Å². The van der Waals surface area contributed by atoms with E-state index in [1.807, 2.05) is 50.2 Å². The third kappa shape index (κ3) is 7.76.